The molecule has 2 N–H and O–H groups in total. The van der Waals surface area contributed by atoms with Gasteiger partial charge in [-0.25, -0.2) is 13.2 Å². The number of ether oxygens (including phenoxy) is 1. The summed E-state index contributed by atoms with van der Waals surface area (Å²) in [6, 6.07) is 12.7. The van der Waals surface area contributed by atoms with Gasteiger partial charge in [0.05, 0.1) is 10.5 Å². The number of carbonyl (C=O) groups is 2. The number of hydrogen-bond acceptors (Lipinski definition) is 5. The molecular weight excluding hydrogens is 380 g/mol. The zero-order valence-corrected chi connectivity index (χ0v) is 16.9. The molecule has 7 nitrogen and oxygen atoms in total. The fourth-order valence-electron chi connectivity index (χ4n) is 2.78. The van der Waals surface area contributed by atoms with Gasteiger partial charge in [-0.3, -0.25) is 4.79 Å². The Balaban J connectivity index is 2.39. The van der Waals surface area contributed by atoms with Crippen LogP contribution in [-0.4, -0.2) is 37.7 Å². The molecular formula is C20H24N2O5S. The fourth-order valence-corrected chi connectivity index (χ4v) is 4.27. The minimum absolute atomic E-state index is 0.0101. The molecule has 0 aromatic heterocycles. The Bertz CT molecular complexity index is 954. The SMILES string of the molecule is CCN(CC)S(=O)(=O)c1ccc(C)c(C(=O)OC(C(N)=O)c2ccccc2)c1. The molecule has 2 aromatic rings. The lowest BCUT2D eigenvalue weighted by molar-refractivity contribution is -0.127. The molecule has 0 fully saturated rings. The highest BCUT2D eigenvalue weighted by molar-refractivity contribution is 7.89. The number of nitrogens with zero attached hydrogens (tertiary/aromatic N) is 1. The lowest BCUT2D eigenvalue weighted by Crippen LogP contribution is -2.31. The summed E-state index contributed by atoms with van der Waals surface area (Å²) in [5.74, 6) is -1.63. The largest absolute Gasteiger partial charge is 0.444 e. The summed E-state index contributed by atoms with van der Waals surface area (Å²) >= 11 is 0. The number of rotatable bonds is 8. The number of aryl methyl sites for hydroxylation is 1. The molecule has 1 amide bonds. The number of benzene rings is 2. The van der Waals surface area contributed by atoms with E-state index < -0.39 is 28.0 Å². The second-order valence-electron chi connectivity index (χ2n) is 6.16. The summed E-state index contributed by atoms with van der Waals surface area (Å²) < 4.78 is 32.1. The normalized spacial score (nSPS) is 12.6. The second-order valence-corrected chi connectivity index (χ2v) is 8.10. The molecule has 0 saturated heterocycles. The van der Waals surface area contributed by atoms with Gasteiger partial charge >= 0.3 is 5.97 Å². The quantitative estimate of drug-likeness (QED) is 0.680. The summed E-state index contributed by atoms with van der Waals surface area (Å²) in [6.07, 6.45) is -1.27. The van der Waals surface area contributed by atoms with E-state index in [9.17, 15) is 18.0 Å². The number of primary amides is 1. The van der Waals surface area contributed by atoms with Crippen LogP contribution in [0.15, 0.2) is 53.4 Å². The van der Waals surface area contributed by atoms with E-state index in [1.807, 2.05) is 0 Å². The van der Waals surface area contributed by atoms with Gasteiger partial charge in [0, 0.05) is 18.7 Å². The third-order valence-electron chi connectivity index (χ3n) is 4.36. The zero-order valence-electron chi connectivity index (χ0n) is 16.1. The van der Waals surface area contributed by atoms with Gasteiger partial charge in [-0.15, -0.1) is 0 Å². The third kappa shape index (κ3) is 4.58. The van der Waals surface area contributed by atoms with E-state index in [1.54, 1.807) is 51.1 Å². The highest BCUT2D eigenvalue weighted by Gasteiger charge is 2.27. The highest BCUT2D eigenvalue weighted by Crippen LogP contribution is 2.23. The molecule has 0 aliphatic heterocycles. The van der Waals surface area contributed by atoms with E-state index in [0.717, 1.165) is 0 Å². The van der Waals surface area contributed by atoms with Crippen LogP contribution in [-0.2, 0) is 19.6 Å². The molecule has 28 heavy (non-hydrogen) atoms. The van der Waals surface area contributed by atoms with Crippen molar-refractivity contribution in [1.82, 2.24) is 4.31 Å². The van der Waals surface area contributed by atoms with Gasteiger partial charge in [0.2, 0.25) is 16.1 Å². The maximum Gasteiger partial charge on any atom is 0.339 e. The monoisotopic (exact) mass is 404 g/mol. The van der Waals surface area contributed by atoms with Crippen molar-refractivity contribution in [3.8, 4) is 0 Å². The average molecular weight is 404 g/mol. The van der Waals surface area contributed by atoms with Crippen molar-refractivity contribution in [2.24, 2.45) is 5.73 Å². The maximum atomic E-state index is 12.7. The zero-order chi connectivity index (χ0) is 20.9. The van der Waals surface area contributed by atoms with Crippen molar-refractivity contribution in [2.75, 3.05) is 13.1 Å². The lowest BCUT2D eigenvalue weighted by atomic mass is 10.1. The number of amides is 1. The predicted molar refractivity (Wildman–Crippen MR) is 105 cm³/mol. The Labute approximate surface area is 165 Å². The molecule has 0 bridgehead atoms. The van der Waals surface area contributed by atoms with Crippen LogP contribution in [0.25, 0.3) is 0 Å². The van der Waals surface area contributed by atoms with Crippen LogP contribution in [0.5, 0.6) is 0 Å². The van der Waals surface area contributed by atoms with Crippen LogP contribution in [0.2, 0.25) is 0 Å². The molecule has 0 aliphatic carbocycles. The Kier molecular flexibility index (Phi) is 6.93. The number of hydrogen-bond donors (Lipinski definition) is 1. The average Bonchev–Trinajstić information content (AvgIpc) is 2.67. The maximum absolute atomic E-state index is 12.7. The van der Waals surface area contributed by atoms with Crippen LogP contribution >= 0.6 is 0 Å². The topological polar surface area (TPSA) is 107 Å². The molecule has 0 heterocycles. The Morgan fingerprint density at radius 2 is 1.68 bits per heavy atom. The molecule has 8 heteroatoms. The smallest absolute Gasteiger partial charge is 0.339 e. The first-order valence-corrected chi connectivity index (χ1v) is 10.3. The minimum Gasteiger partial charge on any atom is -0.444 e. The molecule has 150 valence electrons. The summed E-state index contributed by atoms with van der Waals surface area (Å²) in [6.45, 7) is 5.75. The van der Waals surface area contributed by atoms with Crippen LogP contribution in [0.3, 0.4) is 0 Å². The van der Waals surface area contributed by atoms with Gasteiger partial charge < -0.3 is 10.5 Å². The number of nitrogens with two attached hydrogens (primary N) is 1. The first-order valence-electron chi connectivity index (χ1n) is 8.88. The summed E-state index contributed by atoms with van der Waals surface area (Å²) in [7, 11) is -3.74. The molecule has 0 aliphatic rings. The molecule has 0 radical (unpaired) electrons. The van der Waals surface area contributed by atoms with Crippen molar-refractivity contribution in [3.05, 3.63) is 65.2 Å². The number of sulfonamides is 1. The molecule has 1 unspecified atom stereocenters. The second kappa shape index (κ2) is 8.99. The molecule has 1 atom stereocenters. The van der Waals surface area contributed by atoms with Gasteiger partial charge in [0.1, 0.15) is 0 Å². The van der Waals surface area contributed by atoms with Crippen molar-refractivity contribution >= 4 is 21.9 Å². The molecule has 2 aromatic carbocycles. The summed E-state index contributed by atoms with van der Waals surface area (Å²) in [4.78, 5) is 24.5. The van der Waals surface area contributed by atoms with Gasteiger partial charge in [-0.2, -0.15) is 4.31 Å². The molecule has 0 spiro atoms. The first kappa shape index (κ1) is 21.6. The van der Waals surface area contributed by atoms with Crippen molar-refractivity contribution in [3.63, 3.8) is 0 Å². The van der Waals surface area contributed by atoms with E-state index in [2.05, 4.69) is 0 Å². The van der Waals surface area contributed by atoms with Gasteiger partial charge in [0.15, 0.2) is 0 Å². The van der Waals surface area contributed by atoms with Crippen LogP contribution < -0.4 is 5.73 Å². The van der Waals surface area contributed by atoms with Crippen molar-refractivity contribution in [1.29, 1.82) is 0 Å². The summed E-state index contributed by atoms with van der Waals surface area (Å²) in [5, 5.41) is 0. The van der Waals surface area contributed by atoms with Crippen LogP contribution in [0.1, 0.15) is 41.4 Å². The highest BCUT2D eigenvalue weighted by atomic mass is 32.2. The van der Waals surface area contributed by atoms with E-state index in [4.69, 9.17) is 10.5 Å². The Hall–Kier alpha value is -2.71. The van der Waals surface area contributed by atoms with E-state index >= 15 is 0 Å². The molecule has 0 saturated carbocycles. The van der Waals surface area contributed by atoms with Crippen molar-refractivity contribution in [2.45, 2.75) is 31.8 Å². The van der Waals surface area contributed by atoms with Crippen LogP contribution in [0.4, 0.5) is 0 Å². The Morgan fingerprint density at radius 1 is 1.07 bits per heavy atom. The summed E-state index contributed by atoms with van der Waals surface area (Å²) in [5.41, 5.74) is 6.42. The predicted octanol–water partition coefficient (Wildman–Crippen LogP) is 2.41. The number of carbonyl (C=O) groups excluding carboxylic acids is 2. The minimum atomic E-state index is -3.74. The van der Waals surface area contributed by atoms with Gasteiger partial charge in [-0.05, 0) is 24.6 Å². The van der Waals surface area contributed by atoms with Crippen LogP contribution in [0, 0.1) is 6.92 Å². The first-order chi connectivity index (χ1) is 13.2. The fraction of sp³-hybridized carbons (Fsp3) is 0.300. The lowest BCUT2D eigenvalue weighted by Gasteiger charge is -2.20. The van der Waals surface area contributed by atoms with E-state index in [1.165, 1.54) is 22.5 Å². The van der Waals surface area contributed by atoms with Gasteiger partial charge in [0.25, 0.3) is 5.91 Å². The molecule has 2 rings (SSSR count). The Morgan fingerprint density at radius 3 is 2.21 bits per heavy atom. The van der Waals surface area contributed by atoms with E-state index in [-0.39, 0.29) is 10.5 Å². The third-order valence-corrected chi connectivity index (χ3v) is 6.40. The van der Waals surface area contributed by atoms with Crippen molar-refractivity contribution < 1.29 is 22.7 Å². The number of esters is 1. The standard InChI is InChI=1S/C20H24N2O5S/c1-4-22(5-2)28(25,26)16-12-11-14(3)17(13-16)20(24)27-18(19(21)23)15-9-7-6-8-10-15/h6-13,18H,4-5H2,1-3H3,(H2,21,23). The van der Waals surface area contributed by atoms with Gasteiger partial charge in [-0.1, -0.05) is 50.2 Å². The van der Waals surface area contributed by atoms with E-state index in [0.29, 0.717) is 24.2 Å².